The molecule has 0 saturated carbocycles. The van der Waals surface area contributed by atoms with Crippen LogP contribution in [-0.2, 0) is 4.74 Å². The normalized spacial score (nSPS) is 37.5. The Morgan fingerprint density at radius 2 is 2.33 bits per heavy atom. The zero-order valence-electron chi connectivity index (χ0n) is 6.77. The van der Waals surface area contributed by atoms with E-state index in [1.807, 2.05) is 0 Å². The van der Waals surface area contributed by atoms with E-state index in [0.29, 0.717) is 0 Å². The summed E-state index contributed by atoms with van der Waals surface area (Å²) in [5, 5.41) is 11.8. The molecular weight excluding hydrogens is 180 g/mol. The van der Waals surface area contributed by atoms with E-state index in [9.17, 15) is 0 Å². The van der Waals surface area contributed by atoms with Gasteiger partial charge in [-0.1, -0.05) is 5.16 Å². The van der Waals surface area contributed by atoms with Crippen LogP contribution < -0.4 is 0 Å². The fraction of sp³-hybridized carbons (Fsp3) is 0.857. The van der Waals surface area contributed by atoms with Gasteiger partial charge in [0.25, 0.3) is 0 Å². The first-order valence-electron chi connectivity index (χ1n) is 3.95. The number of rotatable bonds is 0. The van der Waals surface area contributed by atoms with E-state index >= 15 is 0 Å². The minimum absolute atomic E-state index is 0. The second-order valence-electron chi connectivity index (χ2n) is 3.00. The largest absolute Gasteiger partial charge is 0.411 e. The zero-order valence-corrected chi connectivity index (χ0v) is 7.59. The van der Waals surface area contributed by atoms with Gasteiger partial charge in [-0.3, -0.25) is 4.90 Å². The minimum Gasteiger partial charge on any atom is -0.411 e. The van der Waals surface area contributed by atoms with Crippen LogP contribution in [0.4, 0.5) is 0 Å². The molecule has 0 aliphatic carbocycles. The molecule has 2 heterocycles. The van der Waals surface area contributed by atoms with Gasteiger partial charge >= 0.3 is 0 Å². The van der Waals surface area contributed by atoms with Crippen molar-refractivity contribution in [2.24, 2.45) is 5.16 Å². The molecule has 2 atom stereocenters. The molecule has 2 fully saturated rings. The van der Waals surface area contributed by atoms with Crippen LogP contribution in [0.2, 0.25) is 0 Å². The lowest BCUT2D eigenvalue weighted by Gasteiger charge is -2.37. The van der Waals surface area contributed by atoms with Crippen LogP contribution in [0.1, 0.15) is 6.42 Å². The average molecular weight is 193 g/mol. The van der Waals surface area contributed by atoms with Crippen LogP contribution in [0.5, 0.6) is 0 Å². The molecule has 0 aromatic rings. The van der Waals surface area contributed by atoms with Crippen molar-refractivity contribution < 1.29 is 9.94 Å². The summed E-state index contributed by atoms with van der Waals surface area (Å²) < 4.78 is 5.42. The van der Waals surface area contributed by atoms with Gasteiger partial charge in [-0.05, 0) is 0 Å². The third kappa shape index (κ3) is 1.71. The predicted octanol–water partition coefficient (Wildman–Crippen LogP) is 0.343. The standard InChI is InChI=1S/C7H12N2O2.ClH/c10-8-6-1-2-9-3-4-11-7(6)5-9;/h7,10H,1-5H2;1H/b8-6+;. The zero-order chi connectivity index (χ0) is 7.68. The average Bonchev–Trinajstić information content (AvgIpc) is 2.06. The molecule has 2 rings (SSSR count). The van der Waals surface area contributed by atoms with Gasteiger partial charge in [-0.25, -0.2) is 0 Å². The molecule has 4 nitrogen and oxygen atoms in total. The molecule has 5 heteroatoms. The number of morpholine rings is 1. The quantitative estimate of drug-likeness (QED) is 0.445. The Hall–Kier alpha value is -0.320. The second kappa shape index (κ2) is 4.07. The third-order valence-electron chi connectivity index (χ3n) is 2.33. The highest BCUT2D eigenvalue weighted by Gasteiger charge is 2.29. The molecule has 2 unspecified atom stereocenters. The summed E-state index contributed by atoms with van der Waals surface area (Å²) in [6, 6.07) is 0. The van der Waals surface area contributed by atoms with Crippen molar-refractivity contribution in [3.63, 3.8) is 0 Å². The maximum Gasteiger partial charge on any atom is 0.112 e. The lowest BCUT2D eigenvalue weighted by molar-refractivity contribution is -0.00593. The second-order valence-corrected chi connectivity index (χ2v) is 3.00. The van der Waals surface area contributed by atoms with E-state index < -0.39 is 0 Å². The van der Waals surface area contributed by atoms with Crippen molar-refractivity contribution in [1.29, 1.82) is 0 Å². The van der Waals surface area contributed by atoms with Crippen molar-refractivity contribution in [2.75, 3.05) is 26.2 Å². The number of oxime groups is 1. The summed E-state index contributed by atoms with van der Waals surface area (Å²) >= 11 is 0. The van der Waals surface area contributed by atoms with Crippen LogP contribution in [-0.4, -0.2) is 48.2 Å². The fourth-order valence-electron chi connectivity index (χ4n) is 1.66. The smallest absolute Gasteiger partial charge is 0.112 e. The molecule has 2 aliphatic rings. The van der Waals surface area contributed by atoms with Crippen LogP contribution >= 0.6 is 12.4 Å². The van der Waals surface area contributed by atoms with Gasteiger partial charge in [0.2, 0.25) is 0 Å². The highest BCUT2D eigenvalue weighted by Crippen LogP contribution is 2.14. The molecule has 0 radical (unpaired) electrons. The van der Waals surface area contributed by atoms with Gasteiger partial charge in [0.1, 0.15) is 6.10 Å². The van der Waals surface area contributed by atoms with E-state index in [4.69, 9.17) is 9.94 Å². The monoisotopic (exact) mass is 192 g/mol. The van der Waals surface area contributed by atoms with Crippen molar-refractivity contribution in [3.8, 4) is 0 Å². The van der Waals surface area contributed by atoms with Crippen molar-refractivity contribution >= 4 is 18.1 Å². The predicted molar refractivity (Wildman–Crippen MR) is 47.3 cm³/mol. The lowest BCUT2D eigenvalue weighted by atomic mass is 10.0. The molecule has 0 aromatic carbocycles. The molecule has 12 heavy (non-hydrogen) atoms. The van der Waals surface area contributed by atoms with Gasteiger partial charge in [0, 0.05) is 26.1 Å². The van der Waals surface area contributed by atoms with E-state index in [1.165, 1.54) is 0 Å². The summed E-state index contributed by atoms with van der Waals surface area (Å²) in [6.45, 7) is 3.71. The Bertz CT molecular complexity index is 186. The number of hydrogen-bond acceptors (Lipinski definition) is 4. The summed E-state index contributed by atoms with van der Waals surface area (Å²) in [6.07, 6.45) is 0.906. The molecule has 2 saturated heterocycles. The maximum atomic E-state index is 8.59. The van der Waals surface area contributed by atoms with Gasteiger partial charge in [-0.2, -0.15) is 0 Å². The molecule has 70 valence electrons. The number of hydrogen-bond donors (Lipinski definition) is 1. The third-order valence-corrected chi connectivity index (χ3v) is 2.33. The molecule has 0 amide bonds. The Morgan fingerprint density at radius 3 is 3.08 bits per heavy atom. The molecule has 0 aromatic heterocycles. The van der Waals surface area contributed by atoms with Crippen molar-refractivity contribution in [2.45, 2.75) is 12.5 Å². The summed E-state index contributed by atoms with van der Waals surface area (Å²) in [7, 11) is 0. The first-order valence-corrected chi connectivity index (χ1v) is 3.95. The van der Waals surface area contributed by atoms with E-state index in [2.05, 4.69) is 10.1 Å². The Kier molecular flexibility index (Phi) is 3.31. The first kappa shape index (κ1) is 9.77. The number of ether oxygens (including phenoxy) is 1. The van der Waals surface area contributed by atoms with Crippen LogP contribution in [0.25, 0.3) is 0 Å². The highest BCUT2D eigenvalue weighted by molar-refractivity contribution is 5.89. The lowest BCUT2D eigenvalue weighted by Crippen LogP contribution is -2.51. The molecule has 2 aliphatic heterocycles. The topological polar surface area (TPSA) is 45.1 Å². The Labute approximate surface area is 77.6 Å². The van der Waals surface area contributed by atoms with Gasteiger partial charge in [0.15, 0.2) is 0 Å². The van der Waals surface area contributed by atoms with Gasteiger partial charge in [0.05, 0.1) is 12.3 Å². The van der Waals surface area contributed by atoms with Crippen LogP contribution in [0.15, 0.2) is 5.16 Å². The summed E-state index contributed by atoms with van der Waals surface area (Å²) in [4.78, 5) is 2.34. The number of piperidine rings is 1. The van der Waals surface area contributed by atoms with E-state index in [-0.39, 0.29) is 18.5 Å². The minimum atomic E-state index is 0. The number of halogens is 1. The number of fused-ring (bicyclic) bond motifs is 2. The molecule has 2 bridgehead atoms. The number of nitrogens with zero attached hydrogens (tertiary/aromatic N) is 2. The van der Waals surface area contributed by atoms with Crippen LogP contribution in [0.3, 0.4) is 0 Å². The molecule has 0 spiro atoms. The van der Waals surface area contributed by atoms with Crippen molar-refractivity contribution in [3.05, 3.63) is 0 Å². The fourth-order valence-corrected chi connectivity index (χ4v) is 1.66. The van der Waals surface area contributed by atoms with Crippen molar-refractivity contribution in [1.82, 2.24) is 4.90 Å². The first-order chi connectivity index (χ1) is 5.40. The molecular formula is C7H13ClN2O2. The Morgan fingerprint density at radius 1 is 1.50 bits per heavy atom. The summed E-state index contributed by atoms with van der Waals surface area (Å²) in [5.41, 5.74) is 0.806. The SMILES string of the molecule is Cl.O/N=C1\CCN2CCOC1C2. The highest BCUT2D eigenvalue weighted by atomic mass is 35.5. The van der Waals surface area contributed by atoms with E-state index in [1.54, 1.807) is 0 Å². The van der Waals surface area contributed by atoms with Gasteiger partial charge in [-0.15, -0.1) is 12.4 Å². The van der Waals surface area contributed by atoms with Gasteiger partial charge < -0.3 is 9.94 Å². The molecule has 1 N–H and O–H groups in total. The Balaban J connectivity index is 0.000000720. The van der Waals surface area contributed by atoms with Crippen LogP contribution in [0, 0.1) is 0 Å². The summed E-state index contributed by atoms with van der Waals surface area (Å²) in [5.74, 6) is 0. The maximum absolute atomic E-state index is 8.59. The van der Waals surface area contributed by atoms with E-state index in [0.717, 1.165) is 38.4 Å².